The number of aromatic nitrogens is 3. The Bertz CT molecular complexity index is 866. The summed E-state index contributed by atoms with van der Waals surface area (Å²) in [6.45, 7) is 13.3. The molecule has 1 fully saturated rings. The molecule has 30 heavy (non-hydrogen) atoms. The Morgan fingerprint density at radius 1 is 1.23 bits per heavy atom. The lowest BCUT2D eigenvalue weighted by Gasteiger charge is -2.29. The van der Waals surface area contributed by atoms with Crippen molar-refractivity contribution in [1.82, 2.24) is 20.1 Å². The Hall–Kier alpha value is -2.08. The minimum atomic E-state index is 0.0722. The molecule has 5 nitrogen and oxygen atoms in total. The second-order valence-corrected chi connectivity index (χ2v) is 10.2. The lowest BCUT2D eigenvalue weighted by atomic mass is 9.86. The number of nitrogens with one attached hydrogen (secondary N) is 1. The van der Waals surface area contributed by atoms with E-state index in [2.05, 4.69) is 74.1 Å². The van der Waals surface area contributed by atoms with Crippen LogP contribution in [0.25, 0.3) is 11.4 Å². The maximum absolute atomic E-state index is 12.5. The molecular weight excluding hydrogens is 392 g/mol. The number of hydrogen-bond acceptors (Lipinski definition) is 4. The zero-order valence-corrected chi connectivity index (χ0v) is 19.5. The SMILES string of the molecule is C=CCn1c(SCC(=O)NC2CCCCC2C)nnc1-c1ccc(C(C)(C)C)cc1. The predicted molar refractivity (Wildman–Crippen MR) is 125 cm³/mol. The third kappa shape index (κ3) is 5.54. The molecule has 1 heterocycles. The van der Waals surface area contributed by atoms with Crippen LogP contribution in [0.4, 0.5) is 0 Å². The summed E-state index contributed by atoms with van der Waals surface area (Å²) in [5.41, 5.74) is 2.41. The van der Waals surface area contributed by atoms with Gasteiger partial charge >= 0.3 is 0 Å². The molecule has 6 heteroatoms. The van der Waals surface area contributed by atoms with Crippen LogP contribution in [-0.2, 0) is 16.8 Å². The zero-order chi connectivity index (χ0) is 21.7. The van der Waals surface area contributed by atoms with Gasteiger partial charge in [0.2, 0.25) is 5.91 Å². The van der Waals surface area contributed by atoms with Gasteiger partial charge in [-0.3, -0.25) is 9.36 Å². The van der Waals surface area contributed by atoms with Crippen molar-refractivity contribution in [3.63, 3.8) is 0 Å². The molecular formula is C24H34N4OS. The minimum Gasteiger partial charge on any atom is -0.352 e. The quantitative estimate of drug-likeness (QED) is 0.487. The average Bonchev–Trinajstić information content (AvgIpc) is 3.10. The van der Waals surface area contributed by atoms with Crippen molar-refractivity contribution in [2.45, 2.75) is 76.5 Å². The van der Waals surface area contributed by atoms with E-state index in [0.717, 1.165) is 23.0 Å². The first-order valence-corrected chi connectivity index (χ1v) is 11.9. The third-order valence-electron chi connectivity index (χ3n) is 5.83. The molecule has 1 saturated carbocycles. The molecule has 0 bridgehead atoms. The van der Waals surface area contributed by atoms with Crippen LogP contribution in [0.15, 0.2) is 42.1 Å². The number of amides is 1. The monoisotopic (exact) mass is 426 g/mol. The zero-order valence-electron chi connectivity index (χ0n) is 18.6. The summed E-state index contributed by atoms with van der Waals surface area (Å²) < 4.78 is 2.03. The molecule has 162 valence electrons. The van der Waals surface area contributed by atoms with Crippen molar-refractivity contribution >= 4 is 17.7 Å². The van der Waals surface area contributed by atoms with Gasteiger partial charge in [-0.15, -0.1) is 16.8 Å². The molecule has 0 saturated heterocycles. The van der Waals surface area contributed by atoms with E-state index in [1.54, 1.807) is 0 Å². The molecule has 1 aromatic carbocycles. The van der Waals surface area contributed by atoms with Crippen LogP contribution < -0.4 is 5.32 Å². The third-order valence-corrected chi connectivity index (χ3v) is 6.79. The van der Waals surface area contributed by atoms with Gasteiger partial charge in [0.15, 0.2) is 11.0 Å². The van der Waals surface area contributed by atoms with E-state index in [9.17, 15) is 4.79 Å². The largest absolute Gasteiger partial charge is 0.352 e. The maximum Gasteiger partial charge on any atom is 0.230 e. The molecule has 2 aromatic rings. The molecule has 1 aliphatic rings. The van der Waals surface area contributed by atoms with Crippen LogP contribution in [0.1, 0.15) is 58.9 Å². The van der Waals surface area contributed by atoms with Crippen molar-refractivity contribution in [1.29, 1.82) is 0 Å². The summed E-state index contributed by atoms with van der Waals surface area (Å²) in [4.78, 5) is 12.5. The topological polar surface area (TPSA) is 59.8 Å². The van der Waals surface area contributed by atoms with Gasteiger partial charge in [0.05, 0.1) is 5.75 Å². The lowest BCUT2D eigenvalue weighted by Crippen LogP contribution is -2.41. The Kier molecular flexibility index (Phi) is 7.40. The van der Waals surface area contributed by atoms with Crippen molar-refractivity contribution in [2.75, 3.05) is 5.75 Å². The number of carbonyl (C=O) groups excluding carboxylic acids is 1. The molecule has 1 amide bonds. The smallest absolute Gasteiger partial charge is 0.230 e. The van der Waals surface area contributed by atoms with Gasteiger partial charge in [0.25, 0.3) is 0 Å². The summed E-state index contributed by atoms with van der Waals surface area (Å²) in [5, 5.41) is 12.7. The molecule has 0 radical (unpaired) electrons. The molecule has 0 aliphatic heterocycles. The van der Waals surface area contributed by atoms with E-state index < -0.39 is 0 Å². The van der Waals surface area contributed by atoms with E-state index in [1.807, 2.05) is 10.6 Å². The van der Waals surface area contributed by atoms with Crippen LogP contribution in [0.2, 0.25) is 0 Å². The highest BCUT2D eigenvalue weighted by Gasteiger charge is 2.23. The van der Waals surface area contributed by atoms with E-state index in [-0.39, 0.29) is 11.3 Å². The molecule has 2 atom stereocenters. The van der Waals surface area contributed by atoms with Gasteiger partial charge in [-0.1, -0.05) is 82.6 Å². The first-order valence-electron chi connectivity index (χ1n) is 10.9. The fourth-order valence-electron chi connectivity index (χ4n) is 3.93. The van der Waals surface area contributed by atoms with Crippen LogP contribution >= 0.6 is 11.8 Å². The summed E-state index contributed by atoms with van der Waals surface area (Å²) in [7, 11) is 0. The Balaban J connectivity index is 1.69. The Morgan fingerprint density at radius 3 is 2.57 bits per heavy atom. The fourth-order valence-corrected chi connectivity index (χ4v) is 4.69. The Morgan fingerprint density at radius 2 is 1.93 bits per heavy atom. The lowest BCUT2D eigenvalue weighted by molar-refractivity contribution is -0.119. The molecule has 2 unspecified atom stereocenters. The van der Waals surface area contributed by atoms with E-state index in [4.69, 9.17) is 0 Å². The van der Waals surface area contributed by atoms with E-state index >= 15 is 0 Å². The van der Waals surface area contributed by atoms with Crippen molar-refractivity contribution < 1.29 is 4.79 Å². The second-order valence-electron chi connectivity index (χ2n) is 9.26. The first-order chi connectivity index (χ1) is 14.3. The van der Waals surface area contributed by atoms with Gasteiger partial charge in [-0.2, -0.15) is 0 Å². The predicted octanol–water partition coefficient (Wildman–Crippen LogP) is 5.22. The first kappa shape index (κ1) is 22.6. The Labute approximate surface area is 184 Å². The van der Waals surface area contributed by atoms with Crippen molar-refractivity contribution in [3.05, 3.63) is 42.5 Å². The number of nitrogens with zero attached hydrogens (tertiary/aromatic N) is 3. The number of benzene rings is 1. The van der Waals surface area contributed by atoms with Gasteiger partial charge in [0, 0.05) is 18.2 Å². The maximum atomic E-state index is 12.5. The summed E-state index contributed by atoms with van der Waals surface area (Å²) in [6, 6.07) is 8.78. The van der Waals surface area contributed by atoms with E-state index in [1.165, 1.54) is 36.6 Å². The standard InChI is InChI=1S/C24H34N4OS/c1-6-15-28-22(18-11-13-19(14-12-18)24(3,4)5)26-27-23(28)30-16-21(29)25-20-10-8-7-9-17(20)2/h6,11-14,17,20H,1,7-10,15-16H2,2-5H3,(H,25,29). The fraction of sp³-hybridized carbons (Fsp3) is 0.542. The average molecular weight is 427 g/mol. The number of thioether (sulfide) groups is 1. The van der Waals surface area contributed by atoms with Crippen LogP contribution in [0.3, 0.4) is 0 Å². The summed E-state index contributed by atoms with van der Waals surface area (Å²) >= 11 is 1.44. The number of hydrogen-bond donors (Lipinski definition) is 1. The number of rotatable bonds is 7. The van der Waals surface area contributed by atoms with Crippen LogP contribution in [0.5, 0.6) is 0 Å². The number of allylic oxidation sites excluding steroid dienone is 1. The molecule has 3 rings (SSSR count). The second kappa shape index (κ2) is 9.82. The normalized spacial score (nSPS) is 19.5. The van der Waals surface area contributed by atoms with Gasteiger partial charge < -0.3 is 5.32 Å². The van der Waals surface area contributed by atoms with E-state index in [0.29, 0.717) is 24.3 Å². The molecule has 1 N–H and O–H groups in total. The van der Waals surface area contributed by atoms with Gasteiger partial charge in [-0.05, 0) is 29.7 Å². The summed E-state index contributed by atoms with van der Waals surface area (Å²) in [6.07, 6.45) is 6.59. The van der Waals surface area contributed by atoms with Crippen molar-refractivity contribution in [3.8, 4) is 11.4 Å². The van der Waals surface area contributed by atoms with Gasteiger partial charge in [-0.25, -0.2) is 0 Å². The number of carbonyl (C=O) groups is 1. The molecule has 0 spiro atoms. The summed E-state index contributed by atoms with van der Waals surface area (Å²) in [5.74, 6) is 1.78. The minimum absolute atomic E-state index is 0.0722. The highest BCUT2D eigenvalue weighted by atomic mass is 32.2. The highest BCUT2D eigenvalue weighted by Crippen LogP contribution is 2.28. The highest BCUT2D eigenvalue weighted by molar-refractivity contribution is 7.99. The molecule has 1 aromatic heterocycles. The van der Waals surface area contributed by atoms with Crippen LogP contribution in [0, 0.1) is 5.92 Å². The van der Waals surface area contributed by atoms with Crippen LogP contribution in [-0.4, -0.2) is 32.5 Å². The molecule has 1 aliphatic carbocycles. The van der Waals surface area contributed by atoms with Crippen molar-refractivity contribution in [2.24, 2.45) is 5.92 Å². The van der Waals surface area contributed by atoms with Gasteiger partial charge in [0.1, 0.15) is 0 Å².